The van der Waals surface area contributed by atoms with E-state index in [1.165, 1.54) is 4.31 Å². The van der Waals surface area contributed by atoms with Gasteiger partial charge in [-0.3, -0.25) is 0 Å². The van der Waals surface area contributed by atoms with E-state index >= 15 is 0 Å². The van der Waals surface area contributed by atoms with Gasteiger partial charge in [-0.1, -0.05) is 32.9 Å². The molecule has 18 heavy (non-hydrogen) atoms. The smallest absolute Gasteiger partial charge is 0.218 e. The summed E-state index contributed by atoms with van der Waals surface area (Å²) >= 11 is 0. The first kappa shape index (κ1) is 15.0. The quantitative estimate of drug-likeness (QED) is 0.852. The monoisotopic (exact) mass is 270 g/mol. The molecule has 0 atom stereocenters. The Hall–Kier alpha value is -1.07. The van der Waals surface area contributed by atoms with Crippen molar-refractivity contribution in [2.75, 3.05) is 19.3 Å². The van der Waals surface area contributed by atoms with Crippen molar-refractivity contribution in [2.45, 2.75) is 26.5 Å². The number of rotatable bonds is 4. The number of hydrogen-bond donors (Lipinski definition) is 1. The number of benzene rings is 1. The second kappa shape index (κ2) is 5.28. The molecular weight excluding hydrogens is 248 g/mol. The average molecular weight is 270 g/mol. The van der Waals surface area contributed by atoms with Crippen molar-refractivity contribution in [3.8, 4) is 0 Å². The van der Waals surface area contributed by atoms with Gasteiger partial charge in [-0.05, 0) is 23.1 Å². The number of nitrogen functional groups attached to an aromatic ring is 1. The lowest BCUT2D eigenvalue weighted by Crippen LogP contribution is -2.35. The standard InChI is InChI=1S/C13H22N2O2S/c1-13(2,3)10-15(4)18(16,17)9-11-5-7-12(14)8-6-11/h5-8H,9-10,14H2,1-4H3. The van der Waals surface area contributed by atoms with E-state index in [2.05, 4.69) is 0 Å². The Labute approximate surface area is 110 Å². The SMILES string of the molecule is CN(CC(C)(C)C)S(=O)(=O)Cc1ccc(N)cc1. The highest BCUT2D eigenvalue weighted by Gasteiger charge is 2.23. The molecule has 4 nitrogen and oxygen atoms in total. The van der Waals surface area contributed by atoms with Crippen molar-refractivity contribution in [3.05, 3.63) is 29.8 Å². The number of anilines is 1. The minimum absolute atomic E-state index is 0.0137. The van der Waals surface area contributed by atoms with Crippen molar-refractivity contribution in [1.29, 1.82) is 0 Å². The van der Waals surface area contributed by atoms with Gasteiger partial charge in [0.15, 0.2) is 0 Å². The highest BCUT2D eigenvalue weighted by Crippen LogP contribution is 2.18. The van der Waals surface area contributed by atoms with E-state index in [1.54, 1.807) is 31.3 Å². The summed E-state index contributed by atoms with van der Waals surface area (Å²) in [5, 5.41) is 0. The van der Waals surface area contributed by atoms with Crippen LogP contribution in [0.3, 0.4) is 0 Å². The maximum atomic E-state index is 12.2. The van der Waals surface area contributed by atoms with Crippen LogP contribution in [-0.4, -0.2) is 26.3 Å². The molecule has 0 aromatic heterocycles. The highest BCUT2D eigenvalue weighted by atomic mass is 32.2. The summed E-state index contributed by atoms with van der Waals surface area (Å²) in [7, 11) is -1.64. The van der Waals surface area contributed by atoms with E-state index in [9.17, 15) is 8.42 Å². The van der Waals surface area contributed by atoms with E-state index in [-0.39, 0.29) is 11.2 Å². The molecule has 1 rings (SSSR count). The summed E-state index contributed by atoms with van der Waals surface area (Å²) < 4.78 is 25.7. The van der Waals surface area contributed by atoms with Gasteiger partial charge in [-0.25, -0.2) is 12.7 Å². The predicted molar refractivity (Wildman–Crippen MR) is 75.6 cm³/mol. The fourth-order valence-corrected chi connectivity index (χ4v) is 3.12. The van der Waals surface area contributed by atoms with Crippen LogP contribution in [0.25, 0.3) is 0 Å². The third-order valence-electron chi connectivity index (χ3n) is 2.50. The number of hydrogen-bond acceptors (Lipinski definition) is 3. The molecule has 5 heteroatoms. The third-order valence-corrected chi connectivity index (χ3v) is 4.28. The van der Waals surface area contributed by atoms with Crippen molar-refractivity contribution in [2.24, 2.45) is 5.41 Å². The van der Waals surface area contributed by atoms with Gasteiger partial charge in [0.05, 0.1) is 5.75 Å². The maximum Gasteiger partial charge on any atom is 0.218 e. The third kappa shape index (κ3) is 4.66. The lowest BCUT2D eigenvalue weighted by Gasteiger charge is -2.26. The lowest BCUT2D eigenvalue weighted by molar-refractivity contribution is 0.310. The van der Waals surface area contributed by atoms with Crippen LogP contribution in [0.2, 0.25) is 0 Å². The Bertz CT molecular complexity index is 487. The van der Waals surface area contributed by atoms with Crippen LogP contribution in [0.1, 0.15) is 26.3 Å². The Balaban J connectivity index is 2.79. The van der Waals surface area contributed by atoms with Crippen LogP contribution >= 0.6 is 0 Å². The Morgan fingerprint density at radius 3 is 2.11 bits per heavy atom. The first-order valence-corrected chi connectivity index (χ1v) is 7.49. The van der Waals surface area contributed by atoms with Gasteiger partial charge in [0.2, 0.25) is 10.0 Å². The lowest BCUT2D eigenvalue weighted by atomic mass is 9.97. The van der Waals surface area contributed by atoms with Gasteiger partial charge >= 0.3 is 0 Å². The minimum atomic E-state index is -3.27. The summed E-state index contributed by atoms with van der Waals surface area (Å²) in [6.45, 7) is 6.55. The van der Waals surface area contributed by atoms with Gasteiger partial charge in [0, 0.05) is 19.3 Å². The summed E-state index contributed by atoms with van der Waals surface area (Å²) in [6, 6.07) is 6.93. The van der Waals surface area contributed by atoms with Crippen LogP contribution in [0, 0.1) is 5.41 Å². The summed E-state index contributed by atoms with van der Waals surface area (Å²) in [5.41, 5.74) is 6.91. The van der Waals surface area contributed by atoms with Crippen LogP contribution < -0.4 is 5.73 Å². The molecule has 0 aliphatic heterocycles. The maximum absolute atomic E-state index is 12.2. The van der Waals surface area contributed by atoms with Crippen molar-refractivity contribution < 1.29 is 8.42 Å². The largest absolute Gasteiger partial charge is 0.399 e. The second-order valence-electron chi connectivity index (χ2n) is 5.81. The molecule has 102 valence electrons. The van der Waals surface area contributed by atoms with Crippen molar-refractivity contribution in [3.63, 3.8) is 0 Å². The molecule has 2 N–H and O–H groups in total. The summed E-state index contributed by atoms with van der Waals surface area (Å²) in [4.78, 5) is 0. The summed E-state index contributed by atoms with van der Waals surface area (Å²) in [5.74, 6) is 0.0137. The van der Waals surface area contributed by atoms with Gasteiger partial charge in [-0.15, -0.1) is 0 Å². The van der Waals surface area contributed by atoms with Crippen LogP contribution in [0.5, 0.6) is 0 Å². The number of sulfonamides is 1. The molecule has 0 fully saturated rings. The second-order valence-corrected chi connectivity index (χ2v) is 7.89. The molecular formula is C13H22N2O2S. The Kier molecular flexibility index (Phi) is 4.40. The van der Waals surface area contributed by atoms with Gasteiger partial charge in [-0.2, -0.15) is 0 Å². The molecule has 0 amide bonds. The molecule has 1 aromatic rings. The average Bonchev–Trinajstić information content (AvgIpc) is 2.18. The van der Waals surface area contributed by atoms with E-state index in [0.717, 1.165) is 5.56 Å². The summed E-state index contributed by atoms with van der Waals surface area (Å²) in [6.07, 6.45) is 0. The fourth-order valence-electron chi connectivity index (χ4n) is 1.70. The molecule has 1 aromatic carbocycles. The molecule has 0 aliphatic carbocycles. The van der Waals surface area contributed by atoms with E-state index in [1.807, 2.05) is 20.8 Å². The zero-order valence-electron chi connectivity index (χ0n) is 11.5. The van der Waals surface area contributed by atoms with Crippen LogP contribution in [0.4, 0.5) is 5.69 Å². The topological polar surface area (TPSA) is 63.4 Å². The Morgan fingerprint density at radius 2 is 1.67 bits per heavy atom. The number of nitrogens with zero attached hydrogens (tertiary/aromatic N) is 1. The first-order valence-electron chi connectivity index (χ1n) is 5.89. The number of nitrogens with two attached hydrogens (primary N) is 1. The van der Waals surface area contributed by atoms with Crippen LogP contribution in [-0.2, 0) is 15.8 Å². The van der Waals surface area contributed by atoms with Crippen LogP contribution in [0.15, 0.2) is 24.3 Å². The zero-order valence-corrected chi connectivity index (χ0v) is 12.3. The van der Waals surface area contributed by atoms with E-state index < -0.39 is 10.0 Å². The van der Waals surface area contributed by atoms with Crippen molar-refractivity contribution in [1.82, 2.24) is 4.31 Å². The molecule has 0 unspecified atom stereocenters. The van der Waals surface area contributed by atoms with E-state index in [4.69, 9.17) is 5.73 Å². The molecule has 0 aliphatic rings. The van der Waals surface area contributed by atoms with Gasteiger partial charge < -0.3 is 5.73 Å². The van der Waals surface area contributed by atoms with Crippen molar-refractivity contribution >= 4 is 15.7 Å². The highest BCUT2D eigenvalue weighted by molar-refractivity contribution is 7.88. The Morgan fingerprint density at radius 1 is 1.17 bits per heavy atom. The zero-order chi connectivity index (χ0) is 14.0. The molecule has 0 bridgehead atoms. The molecule has 0 heterocycles. The normalized spacial score (nSPS) is 12.9. The van der Waals surface area contributed by atoms with Gasteiger partial charge in [0.1, 0.15) is 0 Å². The minimum Gasteiger partial charge on any atom is -0.399 e. The molecule has 0 saturated carbocycles. The molecule has 0 saturated heterocycles. The van der Waals surface area contributed by atoms with Gasteiger partial charge in [0.25, 0.3) is 0 Å². The molecule has 0 radical (unpaired) electrons. The van der Waals surface area contributed by atoms with E-state index in [0.29, 0.717) is 12.2 Å². The fraction of sp³-hybridized carbons (Fsp3) is 0.538. The predicted octanol–water partition coefficient (Wildman–Crippen LogP) is 2.08. The molecule has 0 spiro atoms. The first-order chi connectivity index (χ1) is 8.10.